The Labute approximate surface area is 164 Å². The number of phenols is 2. The second-order valence-electron chi connectivity index (χ2n) is 7.36. The van der Waals surface area contributed by atoms with E-state index in [1.807, 2.05) is 0 Å². The van der Waals surface area contributed by atoms with Crippen molar-refractivity contribution in [2.24, 2.45) is 0 Å². The van der Waals surface area contributed by atoms with Gasteiger partial charge in [0.25, 0.3) is 0 Å². The van der Waals surface area contributed by atoms with Crippen LogP contribution in [0.15, 0.2) is 45.6 Å². The monoisotopic (exact) mass is 398 g/mol. The fourth-order valence-electron chi connectivity index (χ4n) is 4.00. The second-order valence-corrected chi connectivity index (χ2v) is 7.36. The zero-order valence-electron chi connectivity index (χ0n) is 15.3. The highest BCUT2D eigenvalue weighted by molar-refractivity contribution is 5.90. The molecule has 2 aromatic carbocycles. The van der Waals surface area contributed by atoms with Crippen molar-refractivity contribution in [2.45, 2.75) is 37.4 Å². The third kappa shape index (κ3) is 2.61. The highest BCUT2D eigenvalue weighted by atomic mass is 16.6. The maximum atomic E-state index is 12.8. The minimum absolute atomic E-state index is 0.0209. The topological polar surface area (TPSA) is 130 Å². The lowest BCUT2D eigenvalue weighted by Gasteiger charge is -2.37. The van der Waals surface area contributed by atoms with Gasteiger partial charge in [0.15, 0.2) is 17.1 Å². The Morgan fingerprint density at radius 3 is 2.45 bits per heavy atom. The van der Waals surface area contributed by atoms with Crippen molar-refractivity contribution in [3.05, 3.63) is 52.2 Å². The predicted molar refractivity (Wildman–Crippen MR) is 101 cm³/mol. The summed E-state index contributed by atoms with van der Waals surface area (Å²) in [5.41, 5.74) is 0.599. The summed E-state index contributed by atoms with van der Waals surface area (Å²) in [7, 11) is 0. The van der Waals surface area contributed by atoms with Crippen LogP contribution in [-0.2, 0) is 4.74 Å². The molecule has 1 aromatic heterocycles. The molecule has 0 aliphatic carbocycles. The number of benzene rings is 2. The van der Waals surface area contributed by atoms with E-state index in [0.29, 0.717) is 11.1 Å². The molecule has 29 heavy (non-hydrogen) atoms. The van der Waals surface area contributed by atoms with Crippen LogP contribution in [-0.4, -0.2) is 44.8 Å². The Kier molecular flexibility index (Phi) is 3.86. The zero-order valence-corrected chi connectivity index (χ0v) is 15.3. The molecule has 150 valence electrons. The van der Waals surface area contributed by atoms with Crippen LogP contribution >= 0.6 is 0 Å². The predicted octanol–water partition coefficient (Wildman–Crippen LogP) is 1.81. The van der Waals surface area contributed by atoms with Gasteiger partial charge in [0.1, 0.15) is 46.7 Å². The van der Waals surface area contributed by atoms with Gasteiger partial charge in [0.2, 0.25) is 0 Å². The first-order valence-corrected chi connectivity index (χ1v) is 9.16. The largest absolute Gasteiger partial charge is 0.508 e. The molecule has 3 aromatic rings. The molecule has 0 unspecified atom stereocenters. The summed E-state index contributed by atoms with van der Waals surface area (Å²) >= 11 is 0. The molecule has 2 aliphatic rings. The first kappa shape index (κ1) is 18.0. The SMILES string of the molecule is C[C@H]1O[C@@H]2c3c(cc(O)c4c(=O)cc(-c5ccc(O)cc5)oc34)O[C@H]2[C@@H](O)[C@H]1O. The number of phenolic OH excluding ortho intramolecular Hbond substituents is 2. The Balaban J connectivity index is 1.74. The minimum Gasteiger partial charge on any atom is -0.508 e. The van der Waals surface area contributed by atoms with Crippen molar-refractivity contribution in [1.29, 1.82) is 0 Å². The fraction of sp³-hybridized carbons (Fsp3) is 0.286. The molecular weight excluding hydrogens is 380 g/mol. The fourth-order valence-corrected chi connectivity index (χ4v) is 4.00. The smallest absolute Gasteiger partial charge is 0.197 e. The number of aliphatic hydroxyl groups is 2. The molecule has 0 spiro atoms. The first-order chi connectivity index (χ1) is 13.8. The van der Waals surface area contributed by atoms with E-state index in [1.165, 1.54) is 24.3 Å². The van der Waals surface area contributed by atoms with Gasteiger partial charge in [-0.1, -0.05) is 0 Å². The molecule has 1 saturated heterocycles. The quantitative estimate of drug-likeness (QED) is 0.488. The molecule has 8 heteroatoms. The molecule has 3 heterocycles. The molecule has 5 atom stereocenters. The van der Waals surface area contributed by atoms with Crippen LogP contribution in [0.3, 0.4) is 0 Å². The number of aliphatic hydroxyl groups excluding tert-OH is 2. The molecule has 5 rings (SSSR count). The zero-order chi connectivity index (χ0) is 20.4. The summed E-state index contributed by atoms with van der Waals surface area (Å²) in [6, 6.07) is 8.68. The van der Waals surface area contributed by atoms with Gasteiger partial charge in [-0.25, -0.2) is 0 Å². The van der Waals surface area contributed by atoms with Crippen LogP contribution in [0, 0.1) is 0 Å². The first-order valence-electron chi connectivity index (χ1n) is 9.16. The Morgan fingerprint density at radius 2 is 1.72 bits per heavy atom. The van der Waals surface area contributed by atoms with Crippen LogP contribution in [0.25, 0.3) is 22.3 Å². The van der Waals surface area contributed by atoms with E-state index in [9.17, 15) is 25.2 Å². The summed E-state index contributed by atoms with van der Waals surface area (Å²) in [5, 5.41) is 40.4. The van der Waals surface area contributed by atoms with Crippen molar-refractivity contribution >= 4 is 11.0 Å². The van der Waals surface area contributed by atoms with Crippen molar-refractivity contribution in [3.8, 4) is 28.6 Å². The van der Waals surface area contributed by atoms with E-state index in [1.54, 1.807) is 19.1 Å². The Bertz CT molecular complexity index is 1170. The third-order valence-corrected chi connectivity index (χ3v) is 5.51. The number of rotatable bonds is 1. The minimum atomic E-state index is -1.21. The maximum absolute atomic E-state index is 12.8. The lowest BCUT2D eigenvalue weighted by atomic mass is 9.92. The molecular formula is C21H18O8. The molecule has 0 amide bonds. The van der Waals surface area contributed by atoms with Gasteiger partial charge < -0.3 is 34.3 Å². The summed E-state index contributed by atoms with van der Waals surface area (Å²) in [4.78, 5) is 12.8. The number of ether oxygens (including phenoxy) is 2. The Morgan fingerprint density at radius 1 is 1.00 bits per heavy atom. The molecule has 2 aliphatic heterocycles. The summed E-state index contributed by atoms with van der Waals surface area (Å²) in [6.07, 6.45) is -4.69. The van der Waals surface area contributed by atoms with Gasteiger partial charge in [-0.15, -0.1) is 0 Å². The van der Waals surface area contributed by atoms with Gasteiger partial charge >= 0.3 is 0 Å². The molecule has 0 saturated carbocycles. The molecule has 0 bridgehead atoms. The van der Waals surface area contributed by atoms with E-state index < -0.39 is 35.9 Å². The second kappa shape index (κ2) is 6.21. The molecule has 8 nitrogen and oxygen atoms in total. The lowest BCUT2D eigenvalue weighted by molar-refractivity contribution is -0.201. The van der Waals surface area contributed by atoms with E-state index in [4.69, 9.17) is 13.9 Å². The summed E-state index contributed by atoms with van der Waals surface area (Å²) < 4.78 is 17.6. The van der Waals surface area contributed by atoms with E-state index in [0.717, 1.165) is 0 Å². The summed E-state index contributed by atoms with van der Waals surface area (Å²) in [6.45, 7) is 1.63. The number of hydrogen-bond donors (Lipinski definition) is 4. The average Bonchev–Trinajstić information content (AvgIpc) is 3.04. The van der Waals surface area contributed by atoms with Gasteiger partial charge in [-0.2, -0.15) is 0 Å². The van der Waals surface area contributed by atoms with Crippen LogP contribution in [0.1, 0.15) is 18.6 Å². The Hall–Kier alpha value is -3.07. The van der Waals surface area contributed by atoms with Gasteiger partial charge in [-0.05, 0) is 31.2 Å². The van der Waals surface area contributed by atoms with Crippen molar-refractivity contribution in [2.75, 3.05) is 0 Å². The van der Waals surface area contributed by atoms with E-state index in [2.05, 4.69) is 0 Å². The van der Waals surface area contributed by atoms with Gasteiger partial charge in [-0.3, -0.25) is 4.79 Å². The highest BCUT2D eigenvalue weighted by Gasteiger charge is 2.51. The standard InChI is InChI=1S/C21H18O8/c1-8-17(25)18(26)21-20(27-8)16-14(29-21)7-12(24)15-11(23)6-13(28-19(15)16)9-2-4-10(22)5-3-9/h2-8,17-18,20-22,24-26H,1H3/t8-,17+,18+,20-,21+/m1/s1. The molecule has 4 N–H and O–H groups in total. The normalized spacial score (nSPS) is 28.0. The highest BCUT2D eigenvalue weighted by Crippen LogP contribution is 2.49. The average molecular weight is 398 g/mol. The lowest BCUT2D eigenvalue weighted by Crippen LogP contribution is -2.53. The van der Waals surface area contributed by atoms with Crippen LogP contribution in [0.4, 0.5) is 0 Å². The molecule has 0 radical (unpaired) electrons. The van der Waals surface area contributed by atoms with Crippen LogP contribution in [0.5, 0.6) is 17.2 Å². The van der Waals surface area contributed by atoms with Crippen molar-refractivity contribution < 1.29 is 34.3 Å². The van der Waals surface area contributed by atoms with Crippen molar-refractivity contribution in [3.63, 3.8) is 0 Å². The maximum Gasteiger partial charge on any atom is 0.197 e. The summed E-state index contributed by atoms with van der Waals surface area (Å²) in [5.74, 6) is 0.217. The number of aromatic hydroxyl groups is 2. The molecule has 1 fully saturated rings. The van der Waals surface area contributed by atoms with E-state index in [-0.39, 0.29) is 34.0 Å². The van der Waals surface area contributed by atoms with Gasteiger partial charge in [0.05, 0.1) is 11.7 Å². The van der Waals surface area contributed by atoms with Crippen LogP contribution < -0.4 is 10.2 Å². The van der Waals surface area contributed by atoms with E-state index >= 15 is 0 Å². The number of hydrogen-bond acceptors (Lipinski definition) is 8. The van der Waals surface area contributed by atoms with Crippen LogP contribution in [0.2, 0.25) is 0 Å². The van der Waals surface area contributed by atoms with Crippen molar-refractivity contribution in [1.82, 2.24) is 0 Å². The van der Waals surface area contributed by atoms with Gasteiger partial charge in [0, 0.05) is 17.7 Å². The number of fused-ring (bicyclic) bond motifs is 5. The third-order valence-electron chi connectivity index (χ3n) is 5.51.